The molecule has 2 aromatic rings. The summed E-state index contributed by atoms with van der Waals surface area (Å²) in [5.41, 5.74) is 17.3. The van der Waals surface area contributed by atoms with Gasteiger partial charge in [0.25, 0.3) is 11.8 Å². The van der Waals surface area contributed by atoms with Gasteiger partial charge in [-0.2, -0.15) is 9.36 Å². The van der Waals surface area contributed by atoms with Gasteiger partial charge >= 0.3 is 5.16 Å². The van der Waals surface area contributed by atoms with Crippen LogP contribution >= 0.6 is 35.1 Å². The van der Waals surface area contributed by atoms with E-state index in [9.17, 15) is 19.5 Å². The molecule has 4 heterocycles. The number of nitrogens with two attached hydrogens (primary N) is 3. The first-order valence-electron chi connectivity index (χ1n) is 10.7. The minimum absolute atomic E-state index is 0.0491. The number of fused-ring (bicyclic) bond motifs is 1. The van der Waals surface area contributed by atoms with E-state index in [0.717, 1.165) is 16.4 Å². The van der Waals surface area contributed by atoms with E-state index >= 15 is 0 Å². The zero-order valence-corrected chi connectivity index (χ0v) is 22.0. The predicted molar refractivity (Wildman–Crippen MR) is 135 cm³/mol. The van der Waals surface area contributed by atoms with Gasteiger partial charge in [0.05, 0.1) is 24.8 Å². The van der Waals surface area contributed by atoms with Gasteiger partial charge in [-0.3, -0.25) is 14.5 Å². The molecule has 4 rings (SSSR count). The Morgan fingerprint density at radius 2 is 2.14 bits per heavy atom. The molecule has 2 aliphatic rings. The number of carboxylic acids is 1. The lowest BCUT2D eigenvalue weighted by Crippen LogP contribution is -2.71. The number of nitrogens with one attached hydrogen (secondary N) is 1. The van der Waals surface area contributed by atoms with E-state index < -0.39 is 29.2 Å². The maximum atomic E-state index is 13.0. The van der Waals surface area contributed by atoms with Crippen LogP contribution in [-0.2, 0) is 26.3 Å². The van der Waals surface area contributed by atoms with Crippen molar-refractivity contribution in [2.75, 3.05) is 35.3 Å². The fourth-order valence-electron chi connectivity index (χ4n) is 3.49. The molecule has 18 heteroatoms. The predicted octanol–water partition coefficient (Wildman–Crippen LogP) is -2.56. The summed E-state index contributed by atoms with van der Waals surface area (Å²) in [7, 11) is 1.70. The fourth-order valence-corrected chi connectivity index (χ4v) is 6.41. The summed E-state index contributed by atoms with van der Waals surface area (Å²) in [6, 6.07) is 0.505. The second-order valence-corrected chi connectivity index (χ2v) is 10.5. The van der Waals surface area contributed by atoms with Crippen LogP contribution in [0, 0.1) is 0 Å². The molecule has 37 heavy (non-hydrogen) atoms. The number of carboxylic acid groups (broad SMARTS) is 1. The molecule has 0 aromatic carbocycles. The third-order valence-corrected chi connectivity index (χ3v) is 8.25. The van der Waals surface area contributed by atoms with Crippen LogP contribution in [0.2, 0.25) is 0 Å². The molecule has 2 aliphatic heterocycles. The Bertz CT molecular complexity index is 1330. The minimum Gasteiger partial charge on any atom is -0.543 e. The Kier molecular flexibility index (Phi) is 7.69. The molecule has 2 unspecified atom stereocenters. The van der Waals surface area contributed by atoms with Crippen molar-refractivity contribution < 1.29 is 28.9 Å². The number of hydrogen-bond donors (Lipinski definition) is 4. The zero-order chi connectivity index (χ0) is 26.9. The van der Waals surface area contributed by atoms with Crippen LogP contribution in [-0.4, -0.2) is 72.3 Å². The van der Waals surface area contributed by atoms with Crippen molar-refractivity contribution >= 4 is 75.3 Å². The van der Waals surface area contributed by atoms with Crippen molar-refractivity contribution in [2.24, 2.45) is 12.2 Å². The van der Waals surface area contributed by atoms with Gasteiger partial charge in [0.1, 0.15) is 18.0 Å². The molecule has 0 saturated carbocycles. The maximum Gasteiger partial charge on any atom is 0.301 e. The molecule has 0 aliphatic carbocycles. The number of nitrogen functional groups attached to an aromatic ring is 3. The van der Waals surface area contributed by atoms with Crippen LogP contribution in [0.4, 0.5) is 16.8 Å². The van der Waals surface area contributed by atoms with Crippen molar-refractivity contribution in [1.29, 1.82) is 0 Å². The number of nitrogens with zero attached hydrogens (tertiary/aromatic N) is 6. The molecule has 0 radical (unpaired) electrons. The number of carbonyl (C=O) groups is 3. The number of aliphatic carboxylic acids is 1. The molecule has 196 valence electrons. The number of anilines is 3. The largest absolute Gasteiger partial charge is 0.543 e. The van der Waals surface area contributed by atoms with Gasteiger partial charge in [-0.1, -0.05) is 10.1 Å². The lowest BCUT2D eigenvalue weighted by Gasteiger charge is -2.50. The Balaban J connectivity index is 1.51. The monoisotopic (exact) mass is 566 g/mol. The summed E-state index contributed by atoms with van der Waals surface area (Å²) in [5, 5.41) is 18.3. The molecule has 1 saturated heterocycles. The van der Waals surface area contributed by atoms with Crippen LogP contribution in [0.5, 0.6) is 0 Å². The molecule has 15 nitrogen and oxygen atoms in total. The second-order valence-electron chi connectivity index (χ2n) is 7.65. The van der Waals surface area contributed by atoms with Crippen molar-refractivity contribution in [3.8, 4) is 0 Å². The van der Waals surface area contributed by atoms with Crippen LogP contribution < -0.4 is 32.2 Å². The number of hydrogen-bond acceptors (Lipinski definition) is 15. The second kappa shape index (κ2) is 10.8. The molecule has 2 aromatic heterocycles. The summed E-state index contributed by atoms with van der Waals surface area (Å²) < 4.78 is 5.58. The van der Waals surface area contributed by atoms with Crippen LogP contribution in [0.15, 0.2) is 27.6 Å². The average molecular weight is 567 g/mol. The van der Waals surface area contributed by atoms with Gasteiger partial charge in [0.15, 0.2) is 5.13 Å². The van der Waals surface area contributed by atoms with Gasteiger partial charge in [-0.25, -0.2) is 4.57 Å². The van der Waals surface area contributed by atoms with Crippen LogP contribution in [0.1, 0.15) is 12.7 Å². The standard InChI is InChI=1S/C19H22N10O5S3/c1-3-34-26-10(13-25-18(22)37-27-13)14(30)24-11-15(31)29-12(17(32)33)7(5-35-16(11)29)6-36-19-23-8(20)4-9(21)28(19)2/h4,11,16H,3,5-6H2,1-2H3,(H7,20,21,22,24,25,27,30,32,33)/b26-10-. The fraction of sp³-hybridized carbons (Fsp3) is 0.368. The molecule has 7 N–H and O–H groups in total. The van der Waals surface area contributed by atoms with Crippen LogP contribution in [0.3, 0.4) is 0 Å². The number of oxime groups is 1. The summed E-state index contributed by atoms with van der Waals surface area (Å²) in [4.78, 5) is 52.2. The summed E-state index contributed by atoms with van der Waals surface area (Å²) in [6.45, 7) is 1.86. The van der Waals surface area contributed by atoms with Gasteiger partial charge < -0.3 is 37.3 Å². The van der Waals surface area contributed by atoms with E-state index in [2.05, 4.69) is 24.8 Å². The molecule has 0 bridgehead atoms. The summed E-state index contributed by atoms with van der Waals surface area (Å²) >= 11 is 3.40. The normalized spacial score (nSPS) is 19.4. The van der Waals surface area contributed by atoms with E-state index in [1.165, 1.54) is 29.6 Å². The third kappa shape index (κ3) is 5.25. The van der Waals surface area contributed by atoms with Crippen molar-refractivity contribution in [3.05, 3.63) is 23.2 Å². The van der Waals surface area contributed by atoms with E-state index in [0.29, 0.717) is 16.5 Å². The van der Waals surface area contributed by atoms with E-state index in [-0.39, 0.29) is 46.3 Å². The first-order valence-corrected chi connectivity index (χ1v) is 13.5. The highest BCUT2D eigenvalue weighted by Gasteiger charge is 2.53. The highest BCUT2D eigenvalue weighted by atomic mass is 32.2. The maximum absolute atomic E-state index is 13.0. The summed E-state index contributed by atoms with van der Waals surface area (Å²) in [5.74, 6) is -1.81. The summed E-state index contributed by atoms with van der Waals surface area (Å²) in [6.07, 6.45) is 0. The Hall–Kier alpha value is -3.64. The number of thioether (sulfide) groups is 2. The lowest BCUT2D eigenvalue weighted by molar-refractivity contribution is -0.698. The average Bonchev–Trinajstić information content (AvgIpc) is 3.28. The highest BCUT2D eigenvalue weighted by molar-refractivity contribution is 8.01. The lowest BCUT2D eigenvalue weighted by atomic mass is 10.0. The van der Waals surface area contributed by atoms with Gasteiger partial charge in [0.2, 0.25) is 23.2 Å². The SMILES string of the molecule is CCO/N=C(\C(=O)NC1C(=O)N2C(C(=O)[O-])=C(CSc3nc(N)cc(N)[n+]3C)CSC12)c1nsc(N)n1. The van der Waals surface area contributed by atoms with Crippen molar-refractivity contribution in [1.82, 2.24) is 24.6 Å². The molecule has 2 amide bonds. The molecular formula is C19H22N10O5S3. The van der Waals surface area contributed by atoms with Gasteiger partial charge in [-0.15, -0.1) is 11.8 Å². The van der Waals surface area contributed by atoms with Crippen molar-refractivity contribution in [2.45, 2.75) is 23.5 Å². The topological polar surface area (TPSA) is 232 Å². The number of rotatable bonds is 9. The van der Waals surface area contributed by atoms with E-state index in [1.54, 1.807) is 18.5 Å². The third-order valence-electron chi connectivity index (χ3n) is 5.25. The minimum atomic E-state index is -1.50. The Labute approximate surface area is 222 Å². The van der Waals surface area contributed by atoms with E-state index in [1.807, 2.05) is 0 Å². The number of amides is 2. The molecule has 0 spiro atoms. The molecule has 1 fully saturated rings. The highest BCUT2D eigenvalue weighted by Crippen LogP contribution is 2.41. The quantitative estimate of drug-likeness (QED) is 0.0611. The Morgan fingerprint density at radius 1 is 1.38 bits per heavy atom. The van der Waals surface area contributed by atoms with Gasteiger partial charge in [-0.05, 0) is 24.3 Å². The molecular weight excluding hydrogens is 544 g/mol. The smallest absolute Gasteiger partial charge is 0.301 e. The number of β-lactam (4-membered cyclic amide) rings is 1. The number of aromatic nitrogens is 4. The first-order chi connectivity index (χ1) is 17.6. The van der Waals surface area contributed by atoms with Crippen LogP contribution in [0.25, 0.3) is 0 Å². The number of carbonyl (C=O) groups excluding carboxylic acids is 3. The van der Waals surface area contributed by atoms with Crippen molar-refractivity contribution in [3.63, 3.8) is 0 Å². The first kappa shape index (κ1) is 26.4. The molecule has 2 atom stereocenters. The van der Waals surface area contributed by atoms with Gasteiger partial charge in [0, 0.05) is 23.0 Å². The Morgan fingerprint density at radius 3 is 2.78 bits per heavy atom. The van der Waals surface area contributed by atoms with E-state index in [4.69, 9.17) is 22.0 Å². The zero-order valence-electron chi connectivity index (χ0n) is 19.5.